The van der Waals surface area contributed by atoms with E-state index < -0.39 is 0 Å². The fourth-order valence-electron chi connectivity index (χ4n) is 2.70. The number of amides is 1. The number of carbonyl (C=O) groups excluding carboxylic acids is 1. The minimum absolute atomic E-state index is 0.277. The number of hydrogen-bond acceptors (Lipinski definition) is 3. The summed E-state index contributed by atoms with van der Waals surface area (Å²) in [6.45, 7) is 4.94. The van der Waals surface area contributed by atoms with E-state index in [-0.39, 0.29) is 5.91 Å². The summed E-state index contributed by atoms with van der Waals surface area (Å²) >= 11 is 1.66. The molecule has 1 saturated heterocycles. The molecule has 1 atom stereocenters. The lowest BCUT2D eigenvalue weighted by molar-refractivity contribution is -0.130. The van der Waals surface area contributed by atoms with Crippen LogP contribution in [-0.2, 0) is 4.79 Å². The zero-order chi connectivity index (χ0) is 14.4. The monoisotopic (exact) mass is 292 g/mol. The van der Waals surface area contributed by atoms with Gasteiger partial charge in [0.15, 0.2) is 0 Å². The van der Waals surface area contributed by atoms with E-state index in [1.807, 2.05) is 24.1 Å². The van der Waals surface area contributed by atoms with Crippen LogP contribution in [0.25, 0.3) is 0 Å². The molecule has 0 spiro atoms. The first-order valence-electron chi connectivity index (χ1n) is 7.31. The smallest absolute Gasteiger partial charge is 0.232 e. The fraction of sp³-hybridized carbons (Fsp3) is 0.562. The van der Waals surface area contributed by atoms with Crippen LogP contribution in [-0.4, -0.2) is 43.2 Å². The molecule has 2 rings (SSSR count). The minimum Gasteiger partial charge on any atom is -0.342 e. The molecule has 1 aliphatic rings. The number of nitrogens with zero attached hydrogens (tertiary/aromatic N) is 1. The number of piperidine rings is 1. The SMILES string of the molecule is CNCC1CCCN(C(=O)CSc2ccccc2C)C1. The Morgan fingerprint density at radius 1 is 1.45 bits per heavy atom. The summed E-state index contributed by atoms with van der Waals surface area (Å²) in [5, 5.41) is 3.22. The quantitative estimate of drug-likeness (QED) is 0.847. The van der Waals surface area contributed by atoms with Crippen molar-refractivity contribution in [1.82, 2.24) is 10.2 Å². The van der Waals surface area contributed by atoms with Gasteiger partial charge in [-0.15, -0.1) is 11.8 Å². The van der Waals surface area contributed by atoms with E-state index in [9.17, 15) is 4.79 Å². The van der Waals surface area contributed by atoms with Gasteiger partial charge >= 0.3 is 0 Å². The number of likely N-dealkylation sites (tertiary alicyclic amines) is 1. The summed E-state index contributed by atoms with van der Waals surface area (Å²) in [4.78, 5) is 15.6. The standard InChI is InChI=1S/C16H24N2OS/c1-13-6-3-4-8-15(13)20-12-16(19)18-9-5-7-14(11-18)10-17-2/h3-4,6,8,14,17H,5,7,9-12H2,1-2H3. The van der Waals surface area contributed by atoms with Crippen LogP contribution >= 0.6 is 11.8 Å². The van der Waals surface area contributed by atoms with Crippen LogP contribution in [0, 0.1) is 12.8 Å². The molecule has 0 saturated carbocycles. The third-order valence-electron chi connectivity index (χ3n) is 3.81. The van der Waals surface area contributed by atoms with E-state index in [0.717, 1.165) is 26.1 Å². The molecule has 1 aliphatic heterocycles. The minimum atomic E-state index is 0.277. The van der Waals surface area contributed by atoms with Crippen LogP contribution in [0.1, 0.15) is 18.4 Å². The normalized spacial score (nSPS) is 19.1. The second kappa shape index (κ2) is 7.70. The molecule has 4 heteroatoms. The predicted molar refractivity (Wildman–Crippen MR) is 85.1 cm³/mol. The molecule has 0 radical (unpaired) electrons. The molecule has 1 heterocycles. The van der Waals surface area contributed by atoms with Gasteiger partial charge in [-0.2, -0.15) is 0 Å². The third kappa shape index (κ3) is 4.25. The maximum atomic E-state index is 12.3. The number of benzene rings is 1. The summed E-state index contributed by atoms with van der Waals surface area (Å²) < 4.78 is 0. The van der Waals surface area contributed by atoms with Crippen molar-refractivity contribution < 1.29 is 4.79 Å². The van der Waals surface area contributed by atoms with Crippen LogP contribution in [0.3, 0.4) is 0 Å². The molecule has 1 unspecified atom stereocenters. The van der Waals surface area contributed by atoms with E-state index in [1.165, 1.54) is 16.9 Å². The van der Waals surface area contributed by atoms with Crippen molar-refractivity contribution in [2.24, 2.45) is 5.92 Å². The van der Waals surface area contributed by atoms with Crippen molar-refractivity contribution >= 4 is 17.7 Å². The Bertz CT molecular complexity index is 448. The summed E-state index contributed by atoms with van der Waals surface area (Å²) in [5.41, 5.74) is 1.25. The molecule has 110 valence electrons. The van der Waals surface area contributed by atoms with Gasteiger partial charge in [-0.25, -0.2) is 0 Å². The predicted octanol–water partition coefficient (Wildman–Crippen LogP) is 2.55. The molecule has 1 fully saturated rings. The Morgan fingerprint density at radius 3 is 3.00 bits per heavy atom. The highest BCUT2D eigenvalue weighted by Gasteiger charge is 2.23. The van der Waals surface area contributed by atoms with E-state index in [1.54, 1.807) is 11.8 Å². The molecule has 20 heavy (non-hydrogen) atoms. The Kier molecular flexibility index (Phi) is 5.92. The van der Waals surface area contributed by atoms with Crippen molar-refractivity contribution in [1.29, 1.82) is 0 Å². The number of nitrogens with one attached hydrogen (secondary N) is 1. The number of thioether (sulfide) groups is 1. The van der Waals surface area contributed by atoms with Crippen LogP contribution in [0.5, 0.6) is 0 Å². The molecule has 1 amide bonds. The van der Waals surface area contributed by atoms with Crippen LogP contribution in [0.15, 0.2) is 29.2 Å². The lowest BCUT2D eigenvalue weighted by Crippen LogP contribution is -2.43. The van der Waals surface area contributed by atoms with Gasteiger partial charge in [0.05, 0.1) is 5.75 Å². The third-order valence-corrected chi connectivity index (χ3v) is 4.97. The van der Waals surface area contributed by atoms with Crippen LogP contribution in [0.4, 0.5) is 0 Å². The average Bonchev–Trinajstić information content (AvgIpc) is 2.47. The molecule has 0 aromatic heterocycles. The van der Waals surface area contributed by atoms with Gasteiger partial charge in [-0.3, -0.25) is 4.79 Å². The van der Waals surface area contributed by atoms with Crippen LogP contribution in [0.2, 0.25) is 0 Å². The van der Waals surface area contributed by atoms with Crippen molar-refractivity contribution in [3.63, 3.8) is 0 Å². The van der Waals surface area contributed by atoms with Gasteiger partial charge in [-0.1, -0.05) is 18.2 Å². The van der Waals surface area contributed by atoms with Crippen molar-refractivity contribution in [3.05, 3.63) is 29.8 Å². The average molecular weight is 292 g/mol. The first kappa shape index (κ1) is 15.4. The largest absolute Gasteiger partial charge is 0.342 e. The maximum Gasteiger partial charge on any atom is 0.232 e. The number of carbonyl (C=O) groups is 1. The Morgan fingerprint density at radius 2 is 2.25 bits per heavy atom. The van der Waals surface area contributed by atoms with Gasteiger partial charge in [0.25, 0.3) is 0 Å². The number of hydrogen-bond donors (Lipinski definition) is 1. The van der Waals surface area contributed by atoms with E-state index in [2.05, 4.69) is 24.4 Å². The molecule has 1 N–H and O–H groups in total. The van der Waals surface area contributed by atoms with E-state index >= 15 is 0 Å². The summed E-state index contributed by atoms with van der Waals surface area (Å²) in [6.07, 6.45) is 2.36. The van der Waals surface area contributed by atoms with Crippen LogP contribution < -0.4 is 5.32 Å². The zero-order valence-corrected chi connectivity index (χ0v) is 13.2. The van der Waals surface area contributed by atoms with Gasteiger partial charge in [0.2, 0.25) is 5.91 Å². The second-order valence-electron chi connectivity index (χ2n) is 5.46. The topological polar surface area (TPSA) is 32.3 Å². The summed E-state index contributed by atoms with van der Waals surface area (Å²) in [6, 6.07) is 8.25. The lowest BCUT2D eigenvalue weighted by atomic mass is 9.98. The highest BCUT2D eigenvalue weighted by atomic mass is 32.2. The van der Waals surface area contributed by atoms with Gasteiger partial charge in [-0.05, 0) is 50.9 Å². The summed E-state index contributed by atoms with van der Waals surface area (Å²) in [5.74, 6) is 1.44. The van der Waals surface area contributed by atoms with Gasteiger partial charge < -0.3 is 10.2 Å². The number of rotatable bonds is 5. The molecular weight excluding hydrogens is 268 g/mol. The Hall–Kier alpha value is -1.00. The molecular formula is C16H24N2OS. The Balaban J connectivity index is 1.84. The molecule has 1 aromatic carbocycles. The first-order chi connectivity index (χ1) is 9.70. The molecule has 0 aliphatic carbocycles. The number of aryl methyl sites for hydroxylation is 1. The second-order valence-corrected chi connectivity index (χ2v) is 6.48. The maximum absolute atomic E-state index is 12.3. The van der Waals surface area contributed by atoms with E-state index in [0.29, 0.717) is 11.7 Å². The highest BCUT2D eigenvalue weighted by Crippen LogP contribution is 2.23. The van der Waals surface area contributed by atoms with Crippen molar-refractivity contribution in [2.45, 2.75) is 24.7 Å². The first-order valence-corrected chi connectivity index (χ1v) is 8.30. The molecule has 1 aromatic rings. The lowest BCUT2D eigenvalue weighted by Gasteiger charge is -2.32. The summed E-state index contributed by atoms with van der Waals surface area (Å²) in [7, 11) is 1.98. The zero-order valence-electron chi connectivity index (χ0n) is 12.4. The van der Waals surface area contributed by atoms with Gasteiger partial charge in [0.1, 0.15) is 0 Å². The van der Waals surface area contributed by atoms with Crippen molar-refractivity contribution in [3.8, 4) is 0 Å². The van der Waals surface area contributed by atoms with Crippen molar-refractivity contribution in [2.75, 3.05) is 32.4 Å². The van der Waals surface area contributed by atoms with E-state index in [4.69, 9.17) is 0 Å². The highest BCUT2D eigenvalue weighted by molar-refractivity contribution is 8.00. The fourth-order valence-corrected chi connectivity index (χ4v) is 3.63. The Labute approximate surface area is 126 Å². The molecule has 3 nitrogen and oxygen atoms in total. The van der Waals surface area contributed by atoms with Gasteiger partial charge in [0, 0.05) is 18.0 Å². The molecule has 0 bridgehead atoms.